The van der Waals surface area contributed by atoms with Crippen LogP contribution < -0.4 is 5.32 Å². The molecule has 0 bridgehead atoms. The van der Waals surface area contributed by atoms with Gasteiger partial charge in [-0.2, -0.15) is 0 Å². The van der Waals surface area contributed by atoms with Gasteiger partial charge < -0.3 is 5.32 Å². The minimum Gasteiger partial charge on any atom is -0.313 e. The van der Waals surface area contributed by atoms with Gasteiger partial charge in [-0.05, 0) is 38.1 Å². The standard InChI is InChI=1S/C12H22N2O2S/c1-17(15,16)14-7-3-5-12(10-14)8-11-4-2-6-13-9-11/h8,12-13H,2-7,9-10H2,1H3. The Labute approximate surface area is 104 Å². The molecule has 0 amide bonds. The molecule has 0 spiro atoms. The first kappa shape index (κ1) is 13.1. The van der Waals surface area contributed by atoms with E-state index in [1.807, 2.05) is 0 Å². The second-order valence-corrected chi connectivity index (χ2v) is 7.11. The smallest absolute Gasteiger partial charge is 0.211 e. The summed E-state index contributed by atoms with van der Waals surface area (Å²) in [6.45, 7) is 3.45. The highest BCUT2D eigenvalue weighted by molar-refractivity contribution is 7.88. The Kier molecular flexibility index (Phi) is 4.22. The average Bonchev–Trinajstić information content (AvgIpc) is 2.29. The van der Waals surface area contributed by atoms with Crippen LogP contribution in [0, 0.1) is 5.92 Å². The van der Waals surface area contributed by atoms with E-state index in [1.165, 1.54) is 24.7 Å². The summed E-state index contributed by atoms with van der Waals surface area (Å²) in [6, 6.07) is 0. The molecule has 0 radical (unpaired) electrons. The van der Waals surface area contributed by atoms with Crippen molar-refractivity contribution in [3.8, 4) is 0 Å². The second kappa shape index (κ2) is 5.50. The van der Waals surface area contributed by atoms with Crippen molar-refractivity contribution in [2.45, 2.75) is 25.7 Å². The first-order valence-electron chi connectivity index (χ1n) is 6.41. The lowest BCUT2D eigenvalue weighted by Crippen LogP contribution is -2.39. The van der Waals surface area contributed by atoms with Crippen LogP contribution in [0.5, 0.6) is 0 Å². The molecule has 0 aromatic carbocycles. The van der Waals surface area contributed by atoms with Crippen molar-refractivity contribution >= 4 is 10.0 Å². The summed E-state index contributed by atoms with van der Waals surface area (Å²) in [5.74, 6) is 0.411. The van der Waals surface area contributed by atoms with E-state index >= 15 is 0 Å². The molecule has 2 fully saturated rings. The molecule has 2 aliphatic heterocycles. The zero-order valence-electron chi connectivity index (χ0n) is 10.5. The summed E-state index contributed by atoms with van der Waals surface area (Å²) in [6.07, 6.45) is 8.09. The van der Waals surface area contributed by atoms with Crippen molar-refractivity contribution in [3.63, 3.8) is 0 Å². The van der Waals surface area contributed by atoms with Crippen molar-refractivity contribution in [1.82, 2.24) is 9.62 Å². The van der Waals surface area contributed by atoms with Crippen LogP contribution in [-0.2, 0) is 10.0 Å². The van der Waals surface area contributed by atoms with Crippen LogP contribution in [0.25, 0.3) is 0 Å². The lowest BCUT2D eigenvalue weighted by Gasteiger charge is -2.30. The van der Waals surface area contributed by atoms with Gasteiger partial charge in [0.25, 0.3) is 0 Å². The monoisotopic (exact) mass is 258 g/mol. The lowest BCUT2D eigenvalue weighted by atomic mass is 9.94. The highest BCUT2D eigenvalue weighted by Gasteiger charge is 2.24. The van der Waals surface area contributed by atoms with E-state index in [0.717, 1.165) is 25.9 Å². The van der Waals surface area contributed by atoms with Crippen LogP contribution in [0.15, 0.2) is 11.6 Å². The Balaban J connectivity index is 1.97. The molecule has 0 aromatic heterocycles. The molecule has 2 aliphatic rings. The van der Waals surface area contributed by atoms with Crippen molar-refractivity contribution in [2.24, 2.45) is 5.92 Å². The van der Waals surface area contributed by atoms with E-state index in [0.29, 0.717) is 19.0 Å². The predicted molar refractivity (Wildman–Crippen MR) is 69.3 cm³/mol. The molecule has 98 valence electrons. The number of nitrogens with one attached hydrogen (secondary N) is 1. The Hall–Kier alpha value is -0.390. The van der Waals surface area contributed by atoms with Gasteiger partial charge in [0, 0.05) is 19.6 Å². The minimum absolute atomic E-state index is 0.411. The number of rotatable bonds is 2. The first-order valence-corrected chi connectivity index (χ1v) is 8.26. The zero-order chi connectivity index (χ0) is 12.3. The van der Waals surface area contributed by atoms with Gasteiger partial charge in [-0.25, -0.2) is 12.7 Å². The Morgan fingerprint density at radius 3 is 2.88 bits per heavy atom. The number of hydrogen-bond acceptors (Lipinski definition) is 3. The molecule has 1 N–H and O–H groups in total. The molecule has 4 nitrogen and oxygen atoms in total. The van der Waals surface area contributed by atoms with Crippen LogP contribution in [0.2, 0.25) is 0 Å². The fourth-order valence-corrected chi connectivity index (χ4v) is 3.59. The third-order valence-electron chi connectivity index (χ3n) is 3.56. The summed E-state index contributed by atoms with van der Waals surface area (Å²) in [7, 11) is -3.01. The maximum absolute atomic E-state index is 11.5. The van der Waals surface area contributed by atoms with Crippen molar-refractivity contribution < 1.29 is 8.42 Å². The van der Waals surface area contributed by atoms with Gasteiger partial charge in [-0.3, -0.25) is 0 Å². The summed E-state index contributed by atoms with van der Waals surface area (Å²) in [5, 5.41) is 3.37. The van der Waals surface area contributed by atoms with E-state index in [2.05, 4.69) is 11.4 Å². The third kappa shape index (κ3) is 3.79. The molecule has 2 rings (SSSR count). The summed E-state index contributed by atoms with van der Waals surface area (Å²) < 4.78 is 24.7. The molecular formula is C12H22N2O2S. The topological polar surface area (TPSA) is 49.4 Å². The highest BCUT2D eigenvalue weighted by atomic mass is 32.2. The molecule has 17 heavy (non-hydrogen) atoms. The number of hydrogen-bond donors (Lipinski definition) is 1. The maximum atomic E-state index is 11.5. The fourth-order valence-electron chi connectivity index (χ4n) is 2.66. The molecule has 0 aliphatic carbocycles. The van der Waals surface area contributed by atoms with Gasteiger partial charge >= 0.3 is 0 Å². The predicted octanol–water partition coefficient (Wildman–Crippen LogP) is 0.968. The van der Waals surface area contributed by atoms with Crippen LogP contribution in [-0.4, -0.2) is 45.2 Å². The minimum atomic E-state index is -3.01. The molecule has 2 heterocycles. The van der Waals surface area contributed by atoms with Crippen LogP contribution in [0.1, 0.15) is 25.7 Å². The maximum Gasteiger partial charge on any atom is 0.211 e. The third-order valence-corrected chi connectivity index (χ3v) is 4.83. The summed E-state index contributed by atoms with van der Waals surface area (Å²) in [4.78, 5) is 0. The zero-order valence-corrected chi connectivity index (χ0v) is 11.3. The molecule has 5 heteroatoms. The number of sulfonamides is 1. The quantitative estimate of drug-likeness (QED) is 0.751. The van der Waals surface area contributed by atoms with Crippen LogP contribution >= 0.6 is 0 Å². The molecule has 2 saturated heterocycles. The Bertz CT molecular complexity index is 381. The van der Waals surface area contributed by atoms with Gasteiger partial charge in [-0.15, -0.1) is 0 Å². The van der Waals surface area contributed by atoms with Crippen molar-refractivity contribution in [2.75, 3.05) is 32.4 Å². The van der Waals surface area contributed by atoms with Crippen LogP contribution in [0.3, 0.4) is 0 Å². The molecule has 0 saturated carbocycles. The van der Waals surface area contributed by atoms with E-state index in [-0.39, 0.29) is 0 Å². The van der Waals surface area contributed by atoms with Gasteiger partial charge in [0.05, 0.1) is 6.26 Å². The summed E-state index contributed by atoms with van der Waals surface area (Å²) >= 11 is 0. The second-order valence-electron chi connectivity index (χ2n) is 5.13. The van der Waals surface area contributed by atoms with E-state index in [4.69, 9.17) is 0 Å². The van der Waals surface area contributed by atoms with Crippen molar-refractivity contribution in [3.05, 3.63) is 11.6 Å². The SMILES string of the molecule is CS(=O)(=O)N1CCCC(C=C2CCCNC2)C1. The normalized spacial score (nSPS) is 30.6. The molecular weight excluding hydrogens is 236 g/mol. The molecule has 1 atom stereocenters. The Morgan fingerprint density at radius 2 is 2.24 bits per heavy atom. The summed E-state index contributed by atoms with van der Waals surface area (Å²) in [5.41, 5.74) is 1.46. The molecule has 0 aromatic rings. The van der Waals surface area contributed by atoms with E-state index < -0.39 is 10.0 Å². The highest BCUT2D eigenvalue weighted by Crippen LogP contribution is 2.22. The lowest BCUT2D eigenvalue weighted by molar-refractivity contribution is 0.301. The van der Waals surface area contributed by atoms with Gasteiger partial charge in [0.1, 0.15) is 0 Å². The number of nitrogens with zero attached hydrogens (tertiary/aromatic N) is 1. The van der Waals surface area contributed by atoms with Gasteiger partial charge in [-0.1, -0.05) is 11.6 Å². The first-order chi connectivity index (χ1) is 8.05. The number of piperidine rings is 2. The van der Waals surface area contributed by atoms with Gasteiger partial charge in [0.2, 0.25) is 10.0 Å². The molecule has 1 unspecified atom stereocenters. The van der Waals surface area contributed by atoms with Gasteiger partial charge in [0.15, 0.2) is 0 Å². The van der Waals surface area contributed by atoms with E-state index in [1.54, 1.807) is 4.31 Å². The fraction of sp³-hybridized carbons (Fsp3) is 0.833. The largest absolute Gasteiger partial charge is 0.313 e. The Morgan fingerprint density at radius 1 is 1.41 bits per heavy atom. The van der Waals surface area contributed by atoms with Crippen LogP contribution in [0.4, 0.5) is 0 Å². The van der Waals surface area contributed by atoms with E-state index in [9.17, 15) is 8.42 Å². The average molecular weight is 258 g/mol. The van der Waals surface area contributed by atoms with Crippen molar-refractivity contribution in [1.29, 1.82) is 0 Å².